The second-order valence-electron chi connectivity index (χ2n) is 7.92. The largest absolute Gasteiger partial charge is 0.353 e. The second-order valence-corrected chi connectivity index (χ2v) is 10.7. The number of hydrogen-bond acceptors (Lipinski definition) is 6. The molecule has 2 aromatic carbocycles. The molecule has 32 heavy (non-hydrogen) atoms. The third kappa shape index (κ3) is 4.13. The van der Waals surface area contributed by atoms with Crippen LogP contribution in [0.2, 0.25) is 0 Å². The van der Waals surface area contributed by atoms with E-state index < -0.39 is 10.0 Å². The molecular weight excluding hydrogens is 440 g/mol. The number of hydrogen-bond donors (Lipinski definition) is 0. The smallest absolute Gasteiger partial charge is 0.218 e. The number of fused-ring (bicyclic) bond motifs is 1. The van der Waals surface area contributed by atoms with Crippen molar-refractivity contribution in [3.63, 3.8) is 0 Å². The molecule has 5 rings (SSSR count). The first-order chi connectivity index (χ1) is 15.5. The molecule has 0 atom stereocenters. The van der Waals surface area contributed by atoms with Gasteiger partial charge in [-0.2, -0.15) is 4.31 Å². The van der Waals surface area contributed by atoms with E-state index in [4.69, 9.17) is 4.98 Å². The molecule has 3 heterocycles. The van der Waals surface area contributed by atoms with Gasteiger partial charge in [0.05, 0.1) is 11.1 Å². The summed E-state index contributed by atoms with van der Waals surface area (Å²) in [6, 6.07) is 19.6. The van der Waals surface area contributed by atoms with Crippen LogP contribution in [0.25, 0.3) is 21.3 Å². The monoisotopic (exact) mass is 464 g/mol. The van der Waals surface area contributed by atoms with E-state index >= 15 is 0 Å². The molecule has 0 amide bonds. The Morgan fingerprint density at radius 1 is 0.906 bits per heavy atom. The molecule has 0 spiro atoms. The summed E-state index contributed by atoms with van der Waals surface area (Å²) in [7, 11) is -3.36. The van der Waals surface area contributed by atoms with Gasteiger partial charge in [-0.15, -0.1) is 11.3 Å². The lowest BCUT2D eigenvalue weighted by atomic mass is 10.1. The molecule has 0 unspecified atom stereocenters. The van der Waals surface area contributed by atoms with E-state index in [1.165, 1.54) is 0 Å². The van der Waals surface area contributed by atoms with Crippen LogP contribution < -0.4 is 4.90 Å². The summed E-state index contributed by atoms with van der Waals surface area (Å²) in [6.45, 7) is 4.01. The van der Waals surface area contributed by atoms with E-state index in [9.17, 15) is 8.42 Å². The van der Waals surface area contributed by atoms with Crippen LogP contribution in [-0.2, 0) is 15.8 Å². The highest BCUT2D eigenvalue weighted by Crippen LogP contribution is 2.38. The minimum Gasteiger partial charge on any atom is -0.353 e. The zero-order valence-corrected chi connectivity index (χ0v) is 19.4. The molecule has 8 heteroatoms. The van der Waals surface area contributed by atoms with Gasteiger partial charge in [-0.1, -0.05) is 60.7 Å². The van der Waals surface area contributed by atoms with Crippen molar-refractivity contribution >= 4 is 37.4 Å². The third-order valence-corrected chi connectivity index (χ3v) is 8.46. The molecule has 0 N–H and O–H groups in total. The molecule has 1 aliphatic heterocycles. The number of nitrogens with zero attached hydrogens (tertiary/aromatic N) is 4. The minimum absolute atomic E-state index is 0.0351. The van der Waals surface area contributed by atoms with Gasteiger partial charge in [0, 0.05) is 37.1 Å². The topological polar surface area (TPSA) is 66.4 Å². The van der Waals surface area contributed by atoms with Crippen molar-refractivity contribution in [3.05, 3.63) is 77.4 Å². The van der Waals surface area contributed by atoms with Crippen molar-refractivity contribution in [1.82, 2.24) is 14.3 Å². The fraction of sp³-hybridized carbons (Fsp3) is 0.250. The van der Waals surface area contributed by atoms with Crippen LogP contribution in [0.15, 0.2) is 66.0 Å². The van der Waals surface area contributed by atoms with Gasteiger partial charge in [-0.3, -0.25) is 0 Å². The van der Waals surface area contributed by atoms with Crippen molar-refractivity contribution < 1.29 is 8.42 Å². The molecule has 0 saturated carbocycles. The van der Waals surface area contributed by atoms with Gasteiger partial charge in [0.1, 0.15) is 16.5 Å². The molecular formula is C24H24N4O2S2. The quantitative estimate of drug-likeness (QED) is 0.440. The normalized spacial score (nSPS) is 15.3. The fourth-order valence-electron chi connectivity index (χ4n) is 4.14. The van der Waals surface area contributed by atoms with E-state index in [0.717, 1.165) is 38.5 Å². The first-order valence-electron chi connectivity index (χ1n) is 10.6. The Labute approximate surface area is 192 Å². The van der Waals surface area contributed by atoms with Crippen molar-refractivity contribution in [2.75, 3.05) is 31.1 Å². The number of benzene rings is 2. The van der Waals surface area contributed by atoms with Crippen molar-refractivity contribution in [1.29, 1.82) is 0 Å². The molecule has 164 valence electrons. The van der Waals surface area contributed by atoms with Gasteiger partial charge < -0.3 is 4.90 Å². The zero-order chi connectivity index (χ0) is 22.1. The maximum atomic E-state index is 12.9. The van der Waals surface area contributed by atoms with E-state index in [1.807, 2.05) is 55.5 Å². The summed E-state index contributed by atoms with van der Waals surface area (Å²) in [5.41, 5.74) is 3.07. The van der Waals surface area contributed by atoms with E-state index in [2.05, 4.69) is 27.4 Å². The molecule has 0 aliphatic carbocycles. The standard InChI is InChI=1S/C24H24N4O2S2/c1-18-25-23(22-21(16-31-24(22)26-18)20-10-6-3-7-11-20)27-12-14-28(15-13-27)32(29,30)17-19-8-4-2-5-9-19/h2-11,16H,12-15,17H2,1H3. The van der Waals surface area contributed by atoms with Gasteiger partial charge in [-0.05, 0) is 18.1 Å². The first-order valence-corrected chi connectivity index (χ1v) is 13.1. The summed E-state index contributed by atoms with van der Waals surface area (Å²) in [5, 5.41) is 3.19. The maximum absolute atomic E-state index is 12.9. The Bertz CT molecular complexity index is 1330. The average Bonchev–Trinajstić information content (AvgIpc) is 3.23. The van der Waals surface area contributed by atoms with Crippen LogP contribution >= 0.6 is 11.3 Å². The van der Waals surface area contributed by atoms with Crippen LogP contribution in [0.4, 0.5) is 5.82 Å². The summed E-state index contributed by atoms with van der Waals surface area (Å²) < 4.78 is 27.5. The van der Waals surface area contributed by atoms with Crippen LogP contribution in [0.1, 0.15) is 11.4 Å². The Kier molecular flexibility index (Phi) is 5.67. The second kappa shape index (κ2) is 8.61. The summed E-state index contributed by atoms with van der Waals surface area (Å²) in [4.78, 5) is 12.6. The molecule has 4 aromatic rings. The molecule has 0 radical (unpaired) electrons. The Morgan fingerprint density at radius 2 is 1.56 bits per heavy atom. The van der Waals surface area contributed by atoms with Crippen molar-refractivity contribution in [3.8, 4) is 11.1 Å². The van der Waals surface area contributed by atoms with Gasteiger partial charge in [-0.25, -0.2) is 18.4 Å². The first kappa shape index (κ1) is 21.1. The highest BCUT2D eigenvalue weighted by atomic mass is 32.2. The molecule has 0 bridgehead atoms. The van der Waals surface area contributed by atoms with Crippen LogP contribution in [0, 0.1) is 6.92 Å². The van der Waals surface area contributed by atoms with Crippen LogP contribution in [0.3, 0.4) is 0 Å². The Hall–Kier alpha value is -2.81. The van der Waals surface area contributed by atoms with E-state index in [1.54, 1.807) is 15.6 Å². The number of piperazine rings is 1. The van der Waals surface area contributed by atoms with E-state index in [0.29, 0.717) is 26.2 Å². The lowest BCUT2D eigenvalue weighted by Gasteiger charge is -2.35. The Balaban J connectivity index is 1.41. The van der Waals surface area contributed by atoms with Crippen molar-refractivity contribution in [2.24, 2.45) is 0 Å². The SMILES string of the molecule is Cc1nc(N2CCN(S(=O)(=O)Cc3ccccc3)CC2)c2c(-c3ccccc3)csc2n1. The molecule has 1 saturated heterocycles. The predicted molar refractivity (Wildman–Crippen MR) is 130 cm³/mol. The third-order valence-electron chi connectivity index (χ3n) is 5.73. The van der Waals surface area contributed by atoms with Crippen molar-refractivity contribution in [2.45, 2.75) is 12.7 Å². The lowest BCUT2D eigenvalue weighted by Crippen LogP contribution is -2.49. The predicted octanol–water partition coefficient (Wildman–Crippen LogP) is 4.32. The zero-order valence-electron chi connectivity index (χ0n) is 17.8. The summed E-state index contributed by atoms with van der Waals surface area (Å²) in [6.07, 6.45) is 0. The van der Waals surface area contributed by atoms with Gasteiger partial charge in [0.15, 0.2) is 0 Å². The molecule has 6 nitrogen and oxygen atoms in total. The highest BCUT2D eigenvalue weighted by molar-refractivity contribution is 7.88. The molecule has 2 aromatic heterocycles. The minimum atomic E-state index is -3.36. The number of sulfonamides is 1. The molecule has 1 fully saturated rings. The summed E-state index contributed by atoms with van der Waals surface area (Å²) in [5.74, 6) is 1.66. The summed E-state index contributed by atoms with van der Waals surface area (Å²) >= 11 is 1.62. The maximum Gasteiger partial charge on any atom is 0.218 e. The van der Waals surface area contributed by atoms with Gasteiger partial charge in [0.2, 0.25) is 10.0 Å². The lowest BCUT2D eigenvalue weighted by molar-refractivity contribution is 0.383. The average molecular weight is 465 g/mol. The van der Waals surface area contributed by atoms with Crippen LogP contribution in [-0.4, -0.2) is 48.9 Å². The van der Waals surface area contributed by atoms with E-state index in [-0.39, 0.29) is 5.75 Å². The number of aryl methyl sites for hydroxylation is 1. The van der Waals surface area contributed by atoms with Gasteiger partial charge in [0.25, 0.3) is 0 Å². The van der Waals surface area contributed by atoms with Gasteiger partial charge >= 0.3 is 0 Å². The Morgan fingerprint density at radius 3 is 2.25 bits per heavy atom. The van der Waals surface area contributed by atoms with Crippen LogP contribution in [0.5, 0.6) is 0 Å². The number of rotatable bonds is 5. The number of aromatic nitrogens is 2. The number of anilines is 1. The fourth-order valence-corrected chi connectivity index (χ4v) is 6.64. The highest BCUT2D eigenvalue weighted by Gasteiger charge is 2.29. The molecule has 1 aliphatic rings. The number of thiophene rings is 1.